The molecular weight excluding hydrogens is 237 g/mol. The monoisotopic (exact) mass is 251 g/mol. The minimum absolute atomic E-state index is 0.785. The quantitative estimate of drug-likeness (QED) is 0.771. The van der Waals surface area contributed by atoms with Crippen LogP contribution in [0, 0.1) is 0 Å². The molecule has 0 spiro atoms. The van der Waals surface area contributed by atoms with Gasteiger partial charge in [0.05, 0.1) is 0 Å². The Balaban J connectivity index is 1.70. The number of fused-ring (bicyclic) bond motifs is 1. The Hall–Kier alpha value is -2.23. The van der Waals surface area contributed by atoms with Crippen LogP contribution in [0.15, 0.2) is 53.0 Å². The Labute approximate surface area is 112 Å². The molecule has 0 radical (unpaired) electrons. The Morgan fingerprint density at radius 1 is 1.16 bits per heavy atom. The van der Waals surface area contributed by atoms with Crippen molar-refractivity contribution >= 4 is 23.5 Å². The van der Waals surface area contributed by atoms with Gasteiger partial charge >= 0.3 is 112 Å². The van der Waals surface area contributed by atoms with E-state index in [1.54, 1.807) is 13.3 Å². The summed E-state index contributed by atoms with van der Waals surface area (Å²) in [5.74, 6) is 0.878. The summed E-state index contributed by atoms with van der Waals surface area (Å²) in [5, 5.41) is 4.51. The van der Waals surface area contributed by atoms with Crippen LogP contribution in [0.3, 0.4) is 0 Å². The maximum atomic E-state index is 5.32. The minimum atomic E-state index is 0.785. The molecule has 0 saturated heterocycles. The molecule has 0 saturated carbocycles. The molecular formula is C15H14BNO2. The number of anilines is 1. The van der Waals surface area contributed by atoms with Crippen LogP contribution in [0.4, 0.5) is 5.69 Å². The fourth-order valence-electron chi connectivity index (χ4n) is 2.02. The molecule has 0 aliphatic carbocycles. The van der Waals surface area contributed by atoms with E-state index in [2.05, 4.69) is 23.5 Å². The topological polar surface area (TPSA) is 34.4 Å². The summed E-state index contributed by atoms with van der Waals surface area (Å²) < 4.78 is 10.5. The first-order valence-electron chi connectivity index (χ1n) is 6.19. The molecule has 3 nitrogen and oxygen atoms in total. The molecule has 0 aliphatic rings. The van der Waals surface area contributed by atoms with Crippen molar-refractivity contribution in [2.45, 2.75) is 6.54 Å². The number of ether oxygens (including phenoxy) is 1. The maximum absolute atomic E-state index is 5.32. The van der Waals surface area contributed by atoms with Crippen LogP contribution < -0.4 is 10.1 Å². The molecule has 2 aromatic carbocycles. The molecule has 0 amide bonds. The van der Waals surface area contributed by atoms with Crippen LogP contribution in [0.1, 0.15) is 5.56 Å². The second-order valence-electron chi connectivity index (χ2n) is 4.37. The third kappa shape index (κ3) is 2.62. The molecule has 3 rings (SSSR count). The predicted octanol–water partition coefficient (Wildman–Crippen LogP) is 3.39. The zero-order valence-corrected chi connectivity index (χ0v) is 10.7. The second kappa shape index (κ2) is 5.18. The summed E-state index contributed by atoms with van der Waals surface area (Å²) in [4.78, 5) is 0. The third-order valence-corrected chi connectivity index (χ3v) is 3.11. The number of nitrogens with one attached hydrogen (secondary N) is 1. The number of hydrogen-bond acceptors (Lipinski definition) is 3. The molecule has 4 heteroatoms. The van der Waals surface area contributed by atoms with Gasteiger partial charge in [-0.25, -0.2) is 0 Å². The molecule has 3 aromatic rings. The van der Waals surface area contributed by atoms with Gasteiger partial charge in [0, 0.05) is 0 Å². The molecule has 1 heterocycles. The Morgan fingerprint density at radius 3 is 2.79 bits per heavy atom. The van der Waals surface area contributed by atoms with Crippen molar-refractivity contribution in [2.24, 2.45) is 0 Å². The van der Waals surface area contributed by atoms with Gasteiger partial charge in [0.25, 0.3) is 0 Å². The van der Waals surface area contributed by atoms with E-state index in [1.807, 2.05) is 31.2 Å². The van der Waals surface area contributed by atoms with Crippen molar-refractivity contribution in [2.75, 3.05) is 12.4 Å². The van der Waals surface area contributed by atoms with Gasteiger partial charge in [-0.1, -0.05) is 0 Å². The molecule has 0 aliphatic heterocycles. The molecule has 0 atom stereocenters. The van der Waals surface area contributed by atoms with Crippen LogP contribution in [0.2, 0.25) is 0 Å². The first-order valence-corrected chi connectivity index (χ1v) is 6.19. The number of rotatable bonds is 4. The Bertz CT molecular complexity index is 676. The summed E-state index contributed by atoms with van der Waals surface area (Å²) >= 11 is 0. The number of hydrogen-bond donors (Lipinski definition) is 1. The first-order chi connectivity index (χ1) is 9.35. The van der Waals surface area contributed by atoms with Gasteiger partial charge in [-0.05, 0) is 0 Å². The van der Waals surface area contributed by atoms with Gasteiger partial charge in [0.15, 0.2) is 0 Å². The summed E-state index contributed by atoms with van der Waals surface area (Å²) in [5.41, 5.74) is 3.22. The van der Waals surface area contributed by atoms with Crippen LogP contribution >= 0.6 is 0 Å². The summed E-state index contributed by atoms with van der Waals surface area (Å²) in [6.45, 7) is 2.75. The van der Waals surface area contributed by atoms with Crippen molar-refractivity contribution in [3.8, 4) is 5.75 Å². The van der Waals surface area contributed by atoms with Crippen molar-refractivity contribution < 1.29 is 9.15 Å². The van der Waals surface area contributed by atoms with Crippen LogP contribution in [-0.4, -0.2) is 14.0 Å². The van der Waals surface area contributed by atoms with E-state index in [1.165, 1.54) is 5.56 Å². The molecule has 0 fully saturated rings. The molecule has 94 valence electrons. The van der Waals surface area contributed by atoms with E-state index >= 15 is 0 Å². The zero-order valence-electron chi connectivity index (χ0n) is 10.7. The summed E-state index contributed by atoms with van der Waals surface area (Å²) in [6.07, 6.45) is 1.71. The Kier molecular flexibility index (Phi) is 3.23. The van der Waals surface area contributed by atoms with E-state index in [9.17, 15) is 0 Å². The van der Waals surface area contributed by atoms with Gasteiger partial charge in [-0.15, -0.1) is 0 Å². The van der Waals surface area contributed by atoms with Gasteiger partial charge in [-0.3, -0.25) is 0 Å². The molecule has 1 N–H and O–H groups in total. The third-order valence-electron chi connectivity index (χ3n) is 3.11. The van der Waals surface area contributed by atoms with E-state index in [0.29, 0.717) is 0 Å². The predicted molar refractivity (Wildman–Crippen MR) is 77.9 cm³/mol. The normalized spacial score (nSPS) is 10.4. The van der Waals surface area contributed by atoms with Crippen molar-refractivity contribution in [1.29, 1.82) is 0 Å². The van der Waals surface area contributed by atoms with Crippen molar-refractivity contribution in [3.63, 3.8) is 0 Å². The first kappa shape index (κ1) is 11.8. The number of benzene rings is 2. The van der Waals surface area contributed by atoms with Gasteiger partial charge in [0.2, 0.25) is 0 Å². The van der Waals surface area contributed by atoms with Crippen LogP contribution in [-0.2, 0) is 6.54 Å². The van der Waals surface area contributed by atoms with Gasteiger partial charge in [0.1, 0.15) is 0 Å². The van der Waals surface area contributed by atoms with Gasteiger partial charge < -0.3 is 0 Å². The Morgan fingerprint density at radius 2 is 2.00 bits per heavy atom. The van der Waals surface area contributed by atoms with Crippen molar-refractivity contribution in [1.82, 2.24) is 0 Å². The SMILES string of the molecule is COc1ccc(CNc2ccc3ocbc3c2)cc1. The average molecular weight is 251 g/mol. The fraction of sp³-hybridized carbons (Fsp3) is 0.133. The number of methoxy groups -OCH3 is 1. The molecule has 1 aromatic heterocycles. The zero-order chi connectivity index (χ0) is 13.1. The summed E-state index contributed by atoms with van der Waals surface area (Å²) in [7, 11) is 1.67. The van der Waals surface area contributed by atoms with Gasteiger partial charge in [-0.2, -0.15) is 0 Å². The van der Waals surface area contributed by atoms with E-state index in [4.69, 9.17) is 9.15 Å². The summed E-state index contributed by atoms with van der Waals surface area (Å²) in [6, 6.07) is 14.1. The van der Waals surface area contributed by atoms with Crippen LogP contribution in [0.25, 0.3) is 10.9 Å². The average Bonchev–Trinajstić information content (AvgIpc) is 2.93. The second-order valence-corrected chi connectivity index (χ2v) is 4.37. The molecule has 19 heavy (non-hydrogen) atoms. The van der Waals surface area contributed by atoms with E-state index in [-0.39, 0.29) is 0 Å². The van der Waals surface area contributed by atoms with Crippen molar-refractivity contribution in [3.05, 3.63) is 54.2 Å². The standard InChI is InChI=1S/C15H14BNO2/c1-18-13-5-2-11(3-6-13)9-17-12-4-7-15-14(8-12)16-10-19-15/h2-8,10,17H,9H2,1H3. The fourth-order valence-corrected chi connectivity index (χ4v) is 2.02. The van der Waals surface area contributed by atoms with E-state index in [0.717, 1.165) is 28.8 Å². The molecule has 0 bridgehead atoms. The van der Waals surface area contributed by atoms with Crippen LogP contribution in [0.5, 0.6) is 5.75 Å². The van der Waals surface area contributed by atoms with E-state index < -0.39 is 0 Å². The molecule has 0 unspecified atom stereocenters.